The van der Waals surface area contributed by atoms with E-state index < -0.39 is 11.6 Å². The number of amides is 1. The lowest BCUT2D eigenvalue weighted by Crippen LogP contribution is -2.26. The highest BCUT2D eigenvalue weighted by Gasteiger charge is 2.30. The van der Waals surface area contributed by atoms with Crippen LogP contribution in [0.3, 0.4) is 0 Å². The molecule has 0 saturated carbocycles. The highest BCUT2D eigenvalue weighted by atomic mass is 19.1. The van der Waals surface area contributed by atoms with E-state index in [1.165, 1.54) is 23.9 Å². The molecule has 1 unspecified atom stereocenters. The number of methoxy groups -OCH3 is 1. The van der Waals surface area contributed by atoms with E-state index in [4.69, 9.17) is 0 Å². The maximum Gasteiger partial charge on any atom is 0.305 e. The predicted octanol–water partition coefficient (Wildman–Crippen LogP) is 4.59. The van der Waals surface area contributed by atoms with Gasteiger partial charge in [-0.2, -0.15) is 5.10 Å². The van der Waals surface area contributed by atoms with Gasteiger partial charge in [0.25, 0.3) is 5.91 Å². The first-order valence-corrected chi connectivity index (χ1v) is 12.4. The Morgan fingerprint density at radius 2 is 1.94 bits per heavy atom. The highest BCUT2D eigenvalue weighted by Crippen LogP contribution is 2.36. The number of unbranched alkanes of at least 4 members (excludes halogenated alkanes) is 4. The quantitative estimate of drug-likeness (QED) is 0.307. The molecule has 1 amide bonds. The zero-order valence-electron chi connectivity index (χ0n) is 20.4. The zero-order valence-corrected chi connectivity index (χ0v) is 20.4. The van der Waals surface area contributed by atoms with E-state index in [1.807, 2.05) is 4.90 Å². The number of aromatic nitrogens is 3. The fourth-order valence-electron chi connectivity index (χ4n) is 4.64. The number of esters is 1. The summed E-state index contributed by atoms with van der Waals surface area (Å²) in [5.41, 5.74) is 1.09. The Labute approximate surface area is 208 Å². The molecule has 0 bridgehead atoms. The third kappa shape index (κ3) is 5.98. The van der Waals surface area contributed by atoms with Gasteiger partial charge in [-0.1, -0.05) is 19.3 Å². The number of rotatable bonds is 11. The summed E-state index contributed by atoms with van der Waals surface area (Å²) in [6.45, 7) is 1.18. The Hall–Kier alpha value is -3.56. The molecule has 3 aromatic rings. The number of carbonyl (C=O) groups excluding carboxylic acids is 2. The molecule has 8 nitrogen and oxygen atoms in total. The molecule has 3 heterocycles. The van der Waals surface area contributed by atoms with Crippen LogP contribution in [0.4, 0.5) is 14.6 Å². The second kappa shape index (κ2) is 11.9. The number of benzene rings is 1. The van der Waals surface area contributed by atoms with Crippen molar-refractivity contribution in [1.82, 2.24) is 19.9 Å². The van der Waals surface area contributed by atoms with Crippen molar-refractivity contribution in [2.24, 2.45) is 0 Å². The molecule has 192 valence electrons. The van der Waals surface area contributed by atoms with Crippen LogP contribution in [0.15, 0.2) is 36.7 Å². The predicted molar refractivity (Wildman–Crippen MR) is 131 cm³/mol. The first-order chi connectivity index (χ1) is 17.5. The van der Waals surface area contributed by atoms with E-state index in [1.54, 1.807) is 12.3 Å². The second-order valence-corrected chi connectivity index (χ2v) is 8.98. The van der Waals surface area contributed by atoms with Crippen LogP contribution in [0.5, 0.6) is 0 Å². The first-order valence-electron chi connectivity index (χ1n) is 12.4. The Balaban J connectivity index is 1.36. The van der Waals surface area contributed by atoms with Crippen LogP contribution in [-0.2, 0) is 9.53 Å². The molecule has 1 aliphatic rings. The van der Waals surface area contributed by atoms with Gasteiger partial charge in [0.2, 0.25) is 0 Å². The van der Waals surface area contributed by atoms with Crippen molar-refractivity contribution in [3.63, 3.8) is 0 Å². The van der Waals surface area contributed by atoms with E-state index in [0.717, 1.165) is 50.7 Å². The van der Waals surface area contributed by atoms with Crippen LogP contribution >= 0.6 is 0 Å². The molecule has 1 atom stereocenters. The number of fused-ring (bicyclic) bond motifs is 1. The molecular formula is C26H31F2N5O3. The molecule has 1 saturated heterocycles. The minimum absolute atomic E-state index is 0.186. The Morgan fingerprint density at radius 3 is 2.78 bits per heavy atom. The number of nitrogens with zero attached hydrogens (tertiary/aromatic N) is 4. The minimum atomic E-state index is -0.474. The van der Waals surface area contributed by atoms with Crippen LogP contribution in [0.25, 0.3) is 5.65 Å². The lowest BCUT2D eigenvalue weighted by atomic mass is 10.0. The van der Waals surface area contributed by atoms with Crippen LogP contribution in [0.1, 0.15) is 73.3 Å². The standard InChI is InChI=1S/C26H31F2N5O3/c1-36-24(34)9-5-3-2-4-6-13-29-26(35)20-17-30-33-15-12-23(31-25(20)33)32-14-7-8-22(32)19-16-18(27)10-11-21(19)28/h10-12,15-17,22H,2-9,13-14H2,1H3,(H,29,35). The fourth-order valence-corrected chi connectivity index (χ4v) is 4.64. The molecule has 0 radical (unpaired) electrons. The van der Waals surface area contributed by atoms with Gasteiger partial charge in [-0.15, -0.1) is 0 Å². The van der Waals surface area contributed by atoms with E-state index in [0.29, 0.717) is 48.5 Å². The van der Waals surface area contributed by atoms with Gasteiger partial charge < -0.3 is 15.0 Å². The number of hydrogen-bond donors (Lipinski definition) is 1. The van der Waals surface area contributed by atoms with Crippen molar-refractivity contribution in [1.29, 1.82) is 0 Å². The normalized spacial score (nSPS) is 15.4. The first kappa shape index (κ1) is 25.5. The van der Waals surface area contributed by atoms with Crippen molar-refractivity contribution in [3.05, 3.63) is 59.4 Å². The number of ether oxygens (including phenoxy) is 1. The van der Waals surface area contributed by atoms with Crippen LogP contribution in [-0.4, -0.2) is 46.7 Å². The summed E-state index contributed by atoms with van der Waals surface area (Å²) in [5, 5.41) is 7.16. The number of hydrogen-bond acceptors (Lipinski definition) is 6. The van der Waals surface area contributed by atoms with Gasteiger partial charge >= 0.3 is 5.97 Å². The van der Waals surface area contributed by atoms with Crippen molar-refractivity contribution < 1.29 is 23.1 Å². The summed E-state index contributed by atoms with van der Waals surface area (Å²) in [6, 6.07) is 4.96. The Kier molecular flexibility index (Phi) is 8.45. The smallest absolute Gasteiger partial charge is 0.305 e. The maximum absolute atomic E-state index is 14.5. The molecule has 1 fully saturated rings. The van der Waals surface area contributed by atoms with Crippen molar-refractivity contribution in [2.45, 2.75) is 57.4 Å². The molecule has 36 heavy (non-hydrogen) atoms. The van der Waals surface area contributed by atoms with Gasteiger partial charge in [0, 0.05) is 31.3 Å². The van der Waals surface area contributed by atoms with Crippen molar-refractivity contribution in [2.75, 3.05) is 25.1 Å². The molecule has 1 N–H and O–H groups in total. The molecular weight excluding hydrogens is 468 g/mol. The van der Waals surface area contributed by atoms with Crippen molar-refractivity contribution in [3.8, 4) is 0 Å². The van der Waals surface area contributed by atoms with Crippen molar-refractivity contribution >= 4 is 23.3 Å². The molecule has 0 spiro atoms. The summed E-state index contributed by atoms with van der Waals surface area (Å²) in [7, 11) is 1.39. The lowest BCUT2D eigenvalue weighted by Gasteiger charge is -2.26. The van der Waals surface area contributed by atoms with Gasteiger partial charge in [-0.3, -0.25) is 9.59 Å². The monoisotopic (exact) mass is 499 g/mol. The second-order valence-electron chi connectivity index (χ2n) is 8.98. The van der Waals surface area contributed by atoms with Gasteiger partial charge in [-0.05, 0) is 49.9 Å². The maximum atomic E-state index is 14.5. The summed E-state index contributed by atoms with van der Waals surface area (Å²) >= 11 is 0. The average Bonchev–Trinajstić information content (AvgIpc) is 3.53. The van der Waals surface area contributed by atoms with E-state index in [-0.39, 0.29) is 17.9 Å². The van der Waals surface area contributed by atoms with Crippen LogP contribution < -0.4 is 10.2 Å². The molecule has 1 aliphatic heterocycles. The lowest BCUT2D eigenvalue weighted by molar-refractivity contribution is -0.140. The molecule has 10 heteroatoms. The topological polar surface area (TPSA) is 88.8 Å². The van der Waals surface area contributed by atoms with Gasteiger partial charge in [0.15, 0.2) is 5.65 Å². The largest absolute Gasteiger partial charge is 0.469 e. The molecule has 4 rings (SSSR count). The van der Waals surface area contributed by atoms with Gasteiger partial charge in [-0.25, -0.2) is 18.3 Å². The highest BCUT2D eigenvalue weighted by molar-refractivity contribution is 5.99. The molecule has 0 aliphatic carbocycles. The van der Waals surface area contributed by atoms with E-state index in [2.05, 4.69) is 20.1 Å². The van der Waals surface area contributed by atoms with E-state index >= 15 is 0 Å². The number of carbonyl (C=O) groups is 2. The summed E-state index contributed by atoms with van der Waals surface area (Å²) in [5.74, 6) is -0.765. The minimum Gasteiger partial charge on any atom is -0.469 e. The number of halogens is 2. The van der Waals surface area contributed by atoms with E-state index in [9.17, 15) is 18.4 Å². The molecule has 1 aromatic carbocycles. The van der Waals surface area contributed by atoms with Crippen LogP contribution in [0.2, 0.25) is 0 Å². The van der Waals surface area contributed by atoms with Gasteiger partial charge in [0.05, 0.1) is 19.3 Å². The number of nitrogens with one attached hydrogen (secondary N) is 1. The zero-order chi connectivity index (χ0) is 25.5. The van der Waals surface area contributed by atoms with Crippen LogP contribution in [0, 0.1) is 11.6 Å². The fraction of sp³-hybridized carbons (Fsp3) is 0.462. The van der Waals surface area contributed by atoms with Gasteiger partial charge in [0.1, 0.15) is 23.0 Å². The Morgan fingerprint density at radius 1 is 1.14 bits per heavy atom. The number of anilines is 1. The summed E-state index contributed by atoms with van der Waals surface area (Å²) in [6.07, 6.45) is 9.67. The third-order valence-corrected chi connectivity index (χ3v) is 6.53. The summed E-state index contributed by atoms with van der Waals surface area (Å²) < 4.78 is 34.4. The summed E-state index contributed by atoms with van der Waals surface area (Å²) in [4.78, 5) is 30.5. The Bertz CT molecular complexity index is 1220. The average molecular weight is 500 g/mol. The molecule has 2 aromatic heterocycles. The third-order valence-electron chi connectivity index (χ3n) is 6.53. The SMILES string of the molecule is COC(=O)CCCCCCCNC(=O)c1cnn2ccc(N3CCCC3c3cc(F)ccc3F)nc12.